The maximum Gasteiger partial charge on any atom is 0.319 e. The number of halogens is 1. The molecule has 1 saturated carbocycles. The van der Waals surface area contributed by atoms with Gasteiger partial charge in [0.1, 0.15) is 0 Å². The summed E-state index contributed by atoms with van der Waals surface area (Å²) in [5.41, 5.74) is 0.921. The number of rotatable bonds is 2. The Morgan fingerprint density at radius 3 is 2.88 bits per heavy atom. The van der Waals surface area contributed by atoms with E-state index in [1.807, 2.05) is 6.07 Å². The molecule has 0 bridgehead atoms. The Morgan fingerprint density at radius 2 is 2.25 bits per heavy atom. The number of nitrogens with zero attached hydrogens (tertiary/aromatic N) is 1. The van der Waals surface area contributed by atoms with Crippen LogP contribution >= 0.6 is 11.6 Å². The molecule has 16 heavy (non-hydrogen) atoms. The van der Waals surface area contributed by atoms with Crippen molar-refractivity contribution >= 4 is 23.3 Å². The van der Waals surface area contributed by atoms with E-state index in [2.05, 4.69) is 10.6 Å². The number of amides is 2. The smallest absolute Gasteiger partial charge is 0.319 e. The lowest BCUT2D eigenvalue weighted by molar-refractivity contribution is 0.251. The molecular formula is C11H10ClN3O. The van der Waals surface area contributed by atoms with Crippen molar-refractivity contribution in [2.45, 2.75) is 18.9 Å². The van der Waals surface area contributed by atoms with E-state index in [0.29, 0.717) is 16.3 Å². The van der Waals surface area contributed by atoms with Crippen LogP contribution in [0.1, 0.15) is 18.4 Å². The second-order valence-electron chi connectivity index (χ2n) is 3.68. The molecule has 1 aromatic rings. The first-order chi connectivity index (χ1) is 7.69. The third kappa shape index (κ3) is 2.65. The zero-order chi connectivity index (χ0) is 11.5. The summed E-state index contributed by atoms with van der Waals surface area (Å²) in [6.45, 7) is 0. The van der Waals surface area contributed by atoms with Crippen LogP contribution in [0.15, 0.2) is 18.2 Å². The molecule has 0 atom stereocenters. The molecule has 0 aliphatic heterocycles. The number of carbonyl (C=O) groups excluding carboxylic acids is 1. The maximum atomic E-state index is 11.5. The van der Waals surface area contributed by atoms with Gasteiger partial charge >= 0.3 is 6.03 Å². The highest BCUT2D eigenvalue weighted by Gasteiger charge is 2.23. The number of benzene rings is 1. The molecule has 0 saturated heterocycles. The second-order valence-corrected chi connectivity index (χ2v) is 4.09. The molecule has 0 aromatic heterocycles. The second kappa shape index (κ2) is 4.42. The van der Waals surface area contributed by atoms with E-state index >= 15 is 0 Å². The van der Waals surface area contributed by atoms with E-state index in [1.165, 1.54) is 0 Å². The third-order valence-corrected chi connectivity index (χ3v) is 2.59. The molecule has 2 N–H and O–H groups in total. The minimum atomic E-state index is -0.278. The standard InChI is InChI=1S/C11H10ClN3O/c12-9-4-1-7(6-13)5-10(9)15-11(16)14-8-2-3-8/h1,4-5,8H,2-3H2,(H2,14,15,16). The highest BCUT2D eigenvalue weighted by molar-refractivity contribution is 6.33. The summed E-state index contributed by atoms with van der Waals surface area (Å²) in [4.78, 5) is 11.5. The summed E-state index contributed by atoms with van der Waals surface area (Å²) >= 11 is 5.90. The fraction of sp³-hybridized carbons (Fsp3) is 0.273. The largest absolute Gasteiger partial charge is 0.335 e. The maximum absolute atomic E-state index is 11.5. The van der Waals surface area contributed by atoms with E-state index in [-0.39, 0.29) is 12.1 Å². The van der Waals surface area contributed by atoms with Crippen molar-refractivity contribution in [1.29, 1.82) is 5.26 Å². The Hall–Kier alpha value is -1.73. The van der Waals surface area contributed by atoms with Gasteiger partial charge < -0.3 is 10.6 Å². The third-order valence-electron chi connectivity index (χ3n) is 2.26. The first-order valence-corrected chi connectivity index (χ1v) is 5.34. The molecular weight excluding hydrogens is 226 g/mol. The van der Waals surface area contributed by atoms with Crippen molar-refractivity contribution in [2.75, 3.05) is 5.32 Å². The number of hydrogen-bond donors (Lipinski definition) is 2. The molecule has 0 spiro atoms. The van der Waals surface area contributed by atoms with Gasteiger partial charge in [0.2, 0.25) is 0 Å². The van der Waals surface area contributed by atoms with Crippen LogP contribution in [0.3, 0.4) is 0 Å². The topological polar surface area (TPSA) is 64.9 Å². The SMILES string of the molecule is N#Cc1ccc(Cl)c(NC(=O)NC2CC2)c1. The molecule has 0 heterocycles. The summed E-state index contributed by atoms with van der Waals surface area (Å²) < 4.78 is 0. The molecule has 4 nitrogen and oxygen atoms in total. The van der Waals surface area contributed by atoms with Crippen LogP contribution in [0.25, 0.3) is 0 Å². The van der Waals surface area contributed by atoms with Crippen molar-refractivity contribution in [1.82, 2.24) is 5.32 Å². The Balaban J connectivity index is 2.07. The first-order valence-electron chi connectivity index (χ1n) is 4.96. The van der Waals surface area contributed by atoms with Gasteiger partial charge in [-0.3, -0.25) is 0 Å². The highest BCUT2D eigenvalue weighted by atomic mass is 35.5. The molecule has 2 rings (SSSR count). The van der Waals surface area contributed by atoms with Crippen molar-refractivity contribution in [2.24, 2.45) is 0 Å². The molecule has 0 unspecified atom stereocenters. The van der Waals surface area contributed by atoms with Crippen molar-refractivity contribution in [3.8, 4) is 6.07 Å². The Bertz CT molecular complexity index is 463. The van der Waals surface area contributed by atoms with Crippen LogP contribution in [-0.4, -0.2) is 12.1 Å². The molecule has 2 amide bonds. The molecule has 1 aromatic carbocycles. The zero-order valence-corrected chi connectivity index (χ0v) is 9.21. The Kier molecular flexibility index (Phi) is 2.97. The zero-order valence-electron chi connectivity index (χ0n) is 8.46. The molecule has 1 aliphatic rings. The molecule has 1 fully saturated rings. The first kappa shape index (κ1) is 10.8. The van der Waals surface area contributed by atoms with Gasteiger partial charge in [-0.05, 0) is 31.0 Å². The molecule has 0 radical (unpaired) electrons. The number of urea groups is 1. The van der Waals surface area contributed by atoms with Crippen LogP contribution in [0.5, 0.6) is 0 Å². The highest BCUT2D eigenvalue weighted by Crippen LogP contribution is 2.23. The summed E-state index contributed by atoms with van der Waals surface area (Å²) in [6.07, 6.45) is 2.05. The number of nitriles is 1. The van der Waals surface area contributed by atoms with Gasteiger partial charge in [0.05, 0.1) is 22.3 Å². The average Bonchev–Trinajstić information content (AvgIpc) is 3.05. The van der Waals surface area contributed by atoms with Gasteiger partial charge in [0, 0.05) is 6.04 Å². The molecule has 5 heteroatoms. The summed E-state index contributed by atoms with van der Waals surface area (Å²) in [5.74, 6) is 0. The minimum absolute atomic E-state index is 0.278. The Labute approximate surface area is 98.2 Å². The van der Waals surface area contributed by atoms with E-state index in [0.717, 1.165) is 12.8 Å². The predicted molar refractivity (Wildman–Crippen MR) is 61.3 cm³/mol. The van der Waals surface area contributed by atoms with Gasteiger partial charge in [0.25, 0.3) is 0 Å². The van der Waals surface area contributed by atoms with Crippen LogP contribution < -0.4 is 10.6 Å². The van der Waals surface area contributed by atoms with Crippen molar-refractivity contribution in [3.05, 3.63) is 28.8 Å². The Morgan fingerprint density at radius 1 is 1.50 bits per heavy atom. The van der Waals surface area contributed by atoms with E-state index in [9.17, 15) is 4.79 Å². The fourth-order valence-electron chi connectivity index (χ4n) is 1.26. The molecule has 1 aliphatic carbocycles. The van der Waals surface area contributed by atoms with Crippen LogP contribution in [0.4, 0.5) is 10.5 Å². The van der Waals surface area contributed by atoms with Crippen LogP contribution in [-0.2, 0) is 0 Å². The van der Waals surface area contributed by atoms with E-state index < -0.39 is 0 Å². The number of anilines is 1. The van der Waals surface area contributed by atoms with Crippen LogP contribution in [0.2, 0.25) is 5.02 Å². The number of hydrogen-bond acceptors (Lipinski definition) is 2. The summed E-state index contributed by atoms with van der Waals surface area (Å²) in [5, 5.41) is 14.5. The normalized spacial score (nSPS) is 14.0. The quantitative estimate of drug-likeness (QED) is 0.827. The molecule has 82 valence electrons. The van der Waals surface area contributed by atoms with Gasteiger partial charge in [-0.1, -0.05) is 11.6 Å². The lowest BCUT2D eigenvalue weighted by Gasteiger charge is -2.08. The average molecular weight is 236 g/mol. The fourth-order valence-corrected chi connectivity index (χ4v) is 1.43. The number of carbonyl (C=O) groups is 1. The lowest BCUT2D eigenvalue weighted by Crippen LogP contribution is -2.30. The minimum Gasteiger partial charge on any atom is -0.335 e. The summed E-state index contributed by atoms with van der Waals surface area (Å²) in [6, 6.07) is 6.75. The monoisotopic (exact) mass is 235 g/mol. The predicted octanol–water partition coefficient (Wildman–Crippen LogP) is 2.50. The lowest BCUT2D eigenvalue weighted by atomic mass is 10.2. The van der Waals surface area contributed by atoms with Crippen LogP contribution in [0, 0.1) is 11.3 Å². The van der Waals surface area contributed by atoms with Gasteiger partial charge in [-0.15, -0.1) is 0 Å². The van der Waals surface area contributed by atoms with E-state index in [4.69, 9.17) is 16.9 Å². The number of nitrogens with one attached hydrogen (secondary N) is 2. The van der Waals surface area contributed by atoms with Crippen molar-refractivity contribution < 1.29 is 4.79 Å². The summed E-state index contributed by atoms with van der Waals surface area (Å²) in [7, 11) is 0. The van der Waals surface area contributed by atoms with E-state index in [1.54, 1.807) is 18.2 Å². The van der Waals surface area contributed by atoms with Crippen molar-refractivity contribution in [3.63, 3.8) is 0 Å². The van der Waals surface area contributed by atoms with Gasteiger partial charge in [-0.2, -0.15) is 5.26 Å². The van der Waals surface area contributed by atoms with Gasteiger partial charge in [-0.25, -0.2) is 4.79 Å². The van der Waals surface area contributed by atoms with Gasteiger partial charge in [0.15, 0.2) is 0 Å².